The van der Waals surface area contributed by atoms with E-state index in [1.807, 2.05) is 0 Å². The molecule has 0 saturated carbocycles. The Morgan fingerprint density at radius 1 is 1.08 bits per heavy atom. The van der Waals surface area contributed by atoms with Crippen molar-refractivity contribution in [2.24, 2.45) is 0 Å². The summed E-state index contributed by atoms with van der Waals surface area (Å²) in [6.07, 6.45) is 1.30. The predicted octanol–water partition coefficient (Wildman–Crippen LogP) is 6.28. The second-order valence-corrected chi connectivity index (χ2v) is 8.39. The number of ether oxygens (including phenoxy) is 1. The number of nitrogens with one attached hydrogen (secondary N) is 1. The SMILES string of the molecule is CC(C)c1cc(-c2c(Cl)cc(Cl)cc2Cl)cc2c1O[C@H]1CCNC[C@@H]21. The zero-order valence-corrected chi connectivity index (χ0v) is 16.5. The lowest BCUT2D eigenvalue weighted by atomic mass is 9.86. The molecule has 25 heavy (non-hydrogen) atoms. The molecule has 5 heteroatoms. The van der Waals surface area contributed by atoms with Crippen LogP contribution in [-0.4, -0.2) is 19.2 Å². The molecule has 2 nitrogen and oxygen atoms in total. The molecule has 2 aliphatic rings. The fourth-order valence-electron chi connectivity index (χ4n) is 3.91. The Bertz CT molecular complexity index is 811. The van der Waals surface area contributed by atoms with Crippen molar-refractivity contribution in [2.45, 2.75) is 38.2 Å². The first kappa shape index (κ1) is 17.5. The molecule has 1 fully saturated rings. The molecule has 2 aliphatic heterocycles. The van der Waals surface area contributed by atoms with Crippen LogP contribution in [0.5, 0.6) is 5.75 Å². The maximum atomic E-state index is 6.48. The highest BCUT2D eigenvalue weighted by atomic mass is 35.5. The van der Waals surface area contributed by atoms with Crippen molar-refractivity contribution in [1.82, 2.24) is 5.32 Å². The average molecular weight is 397 g/mol. The van der Waals surface area contributed by atoms with Crippen molar-refractivity contribution < 1.29 is 4.74 Å². The standard InChI is InChI=1S/C20H20Cl3NO/c1-10(2)13-5-11(19-16(22)7-12(21)8-17(19)23)6-14-15-9-24-4-3-18(15)25-20(13)14/h5-8,10,15,18,24H,3-4,9H2,1-2H3/t15-,18-/m0/s1. The molecule has 4 rings (SSSR count). The van der Waals surface area contributed by atoms with E-state index in [9.17, 15) is 0 Å². The summed E-state index contributed by atoms with van der Waals surface area (Å²) in [6.45, 7) is 6.33. The van der Waals surface area contributed by atoms with Crippen LogP contribution in [0.15, 0.2) is 24.3 Å². The highest BCUT2D eigenvalue weighted by molar-refractivity contribution is 6.41. The van der Waals surface area contributed by atoms with E-state index >= 15 is 0 Å². The van der Waals surface area contributed by atoms with Gasteiger partial charge in [0.15, 0.2) is 0 Å². The van der Waals surface area contributed by atoms with Gasteiger partial charge in [-0.25, -0.2) is 0 Å². The molecule has 2 heterocycles. The second-order valence-electron chi connectivity index (χ2n) is 7.14. The Balaban J connectivity index is 1.91. The third kappa shape index (κ3) is 3.04. The normalized spacial score (nSPS) is 21.8. The molecule has 0 radical (unpaired) electrons. The van der Waals surface area contributed by atoms with Gasteiger partial charge >= 0.3 is 0 Å². The second kappa shape index (κ2) is 6.66. The fraction of sp³-hybridized carbons (Fsp3) is 0.400. The van der Waals surface area contributed by atoms with Gasteiger partial charge in [-0.2, -0.15) is 0 Å². The van der Waals surface area contributed by atoms with Crippen LogP contribution in [0.2, 0.25) is 15.1 Å². The molecule has 0 spiro atoms. The lowest BCUT2D eigenvalue weighted by Crippen LogP contribution is -2.37. The van der Waals surface area contributed by atoms with Crippen LogP contribution in [0.25, 0.3) is 11.1 Å². The Morgan fingerprint density at radius 3 is 2.48 bits per heavy atom. The third-order valence-corrected chi connectivity index (χ3v) is 5.97. The van der Waals surface area contributed by atoms with Gasteiger partial charge in [-0.3, -0.25) is 0 Å². The Labute approximate surface area is 163 Å². The number of piperidine rings is 1. The largest absolute Gasteiger partial charge is 0.489 e. The van der Waals surface area contributed by atoms with E-state index in [-0.39, 0.29) is 6.10 Å². The highest BCUT2D eigenvalue weighted by Gasteiger charge is 2.38. The number of hydrogen-bond donors (Lipinski definition) is 1. The first-order valence-corrected chi connectivity index (χ1v) is 9.79. The van der Waals surface area contributed by atoms with Gasteiger partial charge in [-0.05, 0) is 54.3 Å². The lowest BCUT2D eigenvalue weighted by molar-refractivity contribution is 0.171. The van der Waals surface area contributed by atoms with E-state index < -0.39 is 0 Å². The van der Waals surface area contributed by atoms with E-state index in [1.165, 1.54) is 11.1 Å². The molecule has 0 unspecified atom stereocenters. The van der Waals surface area contributed by atoms with Crippen LogP contribution < -0.4 is 10.1 Å². The monoisotopic (exact) mass is 395 g/mol. The molecule has 1 saturated heterocycles. The Morgan fingerprint density at radius 2 is 1.80 bits per heavy atom. The van der Waals surface area contributed by atoms with E-state index in [1.54, 1.807) is 12.1 Å². The number of halogens is 3. The maximum absolute atomic E-state index is 6.48. The summed E-state index contributed by atoms with van der Waals surface area (Å²) in [7, 11) is 0. The van der Waals surface area contributed by atoms with E-state index in [0.717, 1.165) is 36.4 Å². The van der Waals surface area contributed by atoms with Gasteiger partial charge in [-0.15, -0.1) is 0 Å². The first-order valence-electron chi connectivity index (χ1n) is 8.66. The molecular formula is C20H20Cl3NO. The fourth-order valence-corrected chi connectivity index (χ4v) is 4.95. The first-order chi connectivity index (χ1) is 12.0. The summed E-state index contributed by atoms with van der Waals surface area (Å²) in [4.78, 5) is 0. The maximum Gasteiger partial charge on any atom is 0.126 e. The molecule has 0 aromatic heterocycles. The quantitative estimate of drug-likeness (QED) is 0.645. The number of fused-ring (bicyclic) bond motifs is 3. The molecule has 132 valence electrons. The van der Waals surface area contributed by atoms with E-state index in [4.69, 9.17) is 39.5 Å². The van der Waals surface area contributed by atoms with Gasteiger partial charge in [-0.1, -0.05) is 48.7 Å². The third-order valence-electron chi connectivity index (χ3n) is 5.15. The summed E-state index contributed by atoms with van der Waals surface area (Å²) < 4.78 is 6.35. The summed E-state index contributed by atoms with van der Waals surface area (Å²) in [5.74, 6) is 1.79. The van der Waals surface area contributed by atoms with Gasteiger partial charge in [0.25, 0.3) is 0 Å². The Kier molecular flexibility index (Phi) is 4.66. The van der Waals surface area contributed by atoms with Crippen LogP contribution in [0.1, 0.15) is 43.2 Å². The van der Waals surface area contributed by atoms with E-state index in [2.05, 4.69) is 31.3 Å². The molecule has 1 N–H and O–H groups in total. The number of benzene rings is 2. The van der Waals surface area contributed by atoms with Crippen molar-refractivity contribution in [1.29, 1.82) is 0 Å². The summed E-state index contributed by atoms with van der Waals surface area (Å²) in [5.41, 5.74) is 4.35. The van der Waals surface area contributed by atoms with Gasteiger partial charge in [0.2, 0.25) is 0 Å². The van der Waals surface area contributed by atoms with Crippen LogP contribution in [0.4, 0.5) is 0 Å². The number of hydrogen-bond acceptors (Lipinski definition) is 2. The van der Waals surface area contributed by atoms with Gasteiger partial charge in [0, 0.05) is 28.6 Å². The Hall–Kier alpha value is -0.930. The minimum absolute atomic E-state index is 0.264. The van der Waals surface area contributed by atoms with Gasteiger partial charge in [0.1, 0.15) is 11.9 Å². The topological polar surface area (TPSA) is 21.3 Å². The molecule has 2 aromatic carbocycles. The zero-order chi connectivity index (χ0) is 17.7. The van der Waals surface area contributed by atoms with Crippen molar-refractivity contribution in [3.05, 3.63) is 50.5 Å². The molecule has 2 aromatic rings. The number of rotatable bonds is 2. The smallest absolute Gasteiger partial charge is 0.126 e. The van der Waals surface area contributed by atoms with Gasteiger partial charge in [0.05, 0.1) is 10.0 Å². The highest BCUT2D eigenvalue weighted by Crippen LogP contribution is 2.48. The summed E-state index contributed by atoms with van der Waals surface area (Å²) in [6, 6.07) is 7.84. The molecule has 2 atom stereocenters. The minimum atomic E-state index is 0.264. The summed E-state index contributed by atoms with van der Waals surface area (Å²) >= 11 is 19.0. The van der Waals surface area contributed by atoms with Crippen molar-refractivity contribution in [2.75, 3.05) is 13.1 Å². The lowest BCUT2D eigenvalue weighted by Gasteiger charge is -2.25. The van der Waals surface area contributed by atoms with E-state index in [0.29, 0.717) is 26.9 Å². The van der Waals surface area contributed by atoms with Crippen LogP contribution in [0, 0.1) is 0 Å². The summed E-state index contributed by atoms with van der Waals surface area (Å²) in [5, 5.41) is 5.18. The van der Waals surface area contributed by atoms with Crippen LogP contribution in [-0.2, 0) is 0 Å². The molecule has 0 amide bonds. The van der Waals surface area contributed by atoms with Crippen LogP contribution >= 0.6 is 34.8 Å². The average Bonchev–Trinajstić information content (AvgIpc) is 2.91. The van der Waals surface area contributed by atoms with Crippen molar-refractivity contribution in [3.63, 3.8) is 0 Å². The minimum Gasteiger partial charge on any atom is -0.489 e. The molecular weight excluding hydrogens is 377 g/mol. The predicted molar refractivity (Wildman–Crippen MR) is 106 cm³/mol. The van der Waals surface area contributed by atoms with Gasteiger partial charge < -0.3 is 10.1 Å². The van der Waals surface area contributed by atoms with Crippen molar-refractivity contribution >= 4 is 34.8 Å². The van der Waals surface area contributed by atoms with Crippen molar-refractivity contribution in [3.8, 4) is 16.9 Å². The molecule has 0 aliphatic carbocycles. The van der Waals surface area contributed by atoms with Crippen LogP contribution in [0.3, 0.4) is 0 Å². The zero-order valence-electron chi connectivity index (χ0n) is 14.2. The molecule has 0 bridgehead atoms.